The Kier molecular flexibility index (Phi) is 8.02. The normalized spacial score (nSPS) is 12.6. The lowest BCUT2D eigenvalue weighted by molar-refractivity contribution is -0.142. The summed E-state index contributed by atoms with van der Waals surface area (Å²) in [5.41, 5.74) is 0.647. The van der Waals surface area contributed by atoms with Crippen molar-refractivity contribution in [3.63, 3.8) is 0 Å². The van der Waals surface area contributed by atoms with Crippen molar-refractivity contribution in [1.82, 2.24) is 15.6 Å². The highest BCUT2D eigenvalue weighted by atomic mass is 32.1. The number of benzene rings is 1. The fraction of sp³-hybridized carbons (Fsp3) is 0.300. The molecule has 8 nitrogen and oxygen atoms in total. The molecule has 0 aliphatic heterocycles. The van der Waals surface area contributed by atoms with E-state index in [0.717, 1.165) is 5.56 Å². The number of hydrogen-bond donors (Lipinski definition) is 5. The SMILES string of the molecule is Cc1ccc(C(=O)NC(CCS)C(=O)N[C@H](Cc2ccccc2)C(=O)O)c(=O)[nH]1. The van der Waals surface area contributed by atoms with Crippen molar-refractivity contribution in [2.75, 3.05) is 5.75 Å². The molecule has 1 heterocycles. The van der Waals surface area contributed by atoms with Crippen LogP contribution in [-0.4, -0.2) is 45.7 Å². The zero-order valence-corrected chi connectivity index (χ0v) is 16.7. The minimum atomic E-state index is -1.19. The highest BCUT2D eigenvalue weighted by Gasteiger charge is 2.27. The van der Waals surface area contributed by atoms with Gasteiger partial charge in [0.05, 0.1) is 0 Å². The van der Waals surface area contributed by atoms with E-state index in [9.17, 15) is 24.3 Å². The van der Waals surface area contributed by atoms with Gasteiger partial charge < -0.3 is 20.7 Å². The number of thiol groups is 1. The summed E-state index contributed by atoms with van der Waals surface area (Å²) in [4.78, 5) is 51.1. The average Bonchev–Trinajstić information content (AvgIpc) is 2.67. The molecule has 1 aromatic carbocycles. The van der Waals surface area contributed by atoms with Crippen molar-refractivity contribution in [3.05, 3.63) is 69.6 Å². The number of carboxylic acids is 1. The molecule has 154 valence electrons. The molecule has 0 spiro atoms. The van der Waals surface area contributed by atoms with Crippen LogP contribution >= 0.6 is 12.6 Å². The number of aromatic amines is 1. The molecular weight excluding hydrogens is 394 g/mol. The molecule has 2 aromatic rings. The summed E-state index contributed by atoms with van der Waals surface area (Å²) >= 11 is 4.09. The first-order valence-corrected chi connectivity index (χ1v) is 9.63. The third-order valence-electron chi connectivity index (χ3n) is 4.24. The first-order chi connectivity index (χ1) is 13.8. The Morgan fingerprint density at radius 1 is 1.07 bits per heavy atom. The number of nitrogens with one attached hydrogen (secondary N) is 3. The average molecular weight is 417 g/mol. The maximum Gasteiger partial charge on any atom is 0.326 e. The van der Waals surface area contributed by atoms with Crippen LogP contribution in [0.15, 0.2) is 47.3 Å². The van der Waals surface area contributed by atoms with Crippen molar-refractivity contribution in [3.8, 4) is 0 Å². The molecule has 1 unspecified atom stereocenters. The summed E-state index contributed by atoms with van der Waals surface area (Å²) in [7, 11) is 0. The van der Waals surface area contributed by atoms with Crippen molar-refractivity contribution in [2.24, 2.45) is 0 Å². The highest BCUT2D eigenvalue weighted by Crippen LogP contribution is 2.05. The summed E-state index contributed by atoms with van der Waals surface area (Å²) in [6.07, 6.45) is 0.267. The molecule has 0 aliphatic rings. The number of amides is 2. The summed E-state index contributed by atoms with van der Waals surface area (Å²) in [6, 6.07) is 9.64. The predicted molar refractivity (Wildman–Crippen MR) is 111 cm³/mol. The fourth-order valence-corrected chi connectivity index (χ4v) is 2.97. The van der Waals surface area contributed by atoms with Crippen molar-refractivity contribution < 1.29 is 19.5 Å². The molecule has 0 aliphatic carbocycles. The van der Waals surface area contributed by atoms with Crippen molar-refractivity contribution in [1.29, 1.82) is 0 Å². The number of aliphatic carboxylic acids is 1. The van der Waals surface area contributed by atoms with Gasteiger partial charge in [0.2, 0.25) is 5.91 Å². The zero-order chi connectivity index (χ0) is 21.4. The molecule has 9 heteroatoms. The topological polar surface area (TPSA) is 128 Å². The molecule has 0 saturated heterocycles. The number of hydrogen-bond acceptors (Lipinski definition) is 5. The summed E-state index contributed by atoms with van der Waals surface area (Å²) in [5.74, 6) is -2.28. The molecule has 2 atom stereocenters. The van der Waals surface area contributed by atoms with Crippen LogP contribution in [0.2, 0.25) is 0 Å². The van der Waals surface area contributed by atoms with Gasteiger partial charge in [-0.3, -0.25) is 14.4 Å². The largest absolute Gasteiger partial charge is 0.480 e. The van der Waals surface area contributed by atoms with E-state index in [1.165, 1.54) is 6.07 Å². The fourth-order valence-electron chi connectivity index (χ4n) is 2.71. The first kappa shape index (κ1) is 22.2. The van der Waals surface area contributed by atoms with Crippen LogP contribution in [0.25, 0.3) is 0 Å². The van der Waals surface area contributed by atoms with Gasteiger partial charge >= 0.3 is 5.97 Å². The number of aromatic nitrogens is 1. The van der Waals surface area contributed by atoms with Crippen LogP contribution < -0.4 is 16.2 Å². The Bertz CT molecular complexity index is 929. The smallest absolute Gasteiger partial charge is 0.326 e. The number of H-pyrrole nitrogens is 1. The van der Waals surface area contributed by atoms with Gasteiger partial charge in [0, 0.05) is 12.1 Å². The molecule has 2 amide bonds. The lowest BCUT2D eigenvalue weighted by Crippen LogP contribution is -2.52. The van der Waals surface area contributed by atoms with E-state index >= 15 is 0 Å². The molecule has 0 radical (unpaired) electrons. The quantitative estimate of drug-likeness (QED) is 0.388. The van der Waals surface area contributed by atoms with Gasteiger partial charge in [-0.25, -0.2) is 4.79 Å². The number of rotatable bonds is 9. The summed E-state index contributed by atoms with van der Waals surface area (Å²) in [6.45, 7) is 1.68. The van der Waals surface area contributed by atoms with E-state index in [4.69, 9.17) is 0 Å². The number of carbonyl (C=O) groups is 3. The second kappa shape index (κ2) is 10.5. The lowest BCUT2D eigenvalue weighted by atomic mass is 10.1. The number of carboxylic acid groups (broad SMARTS) is 1. The molecule has 0 fully saturated rings. The summed E-state index contributed by atoms with van der Waals surface area (Å²) < 4.78 is 0. The first-order valence-electron chi connectivity index (χ1n) is 9.00. The Hall–Kier alpha value is -3.07. The number of aryl methyl sites for hydroxylation is 1. The van der Waals surface area contributed by atoms with Crippen LogP contribution in [0, 0.1) is 6.92 Å². The van der Waals surface area contributed by atoms with Crippen LogP contribution in [0.3, 0.4) is 0 Å². The lowest BCUT2D eigenvalue weighted by Gasteiger charge is -2.21. The molecule has 0 bridgehead atoms. The maximum absolute atomic E-state index is 12.6. The maximum atomic E-state index is 12.6. The highest BCUT2D eigenvalue weighted by molar-refractivity contribution is 7.80. The molecule has 1 aromatic heterocycles. The van der Waals surface area contributed by atoms with E-state index in [0.29, 0.717) is 5.69 Å². The van der Waals surface area contributed by atoms with Gasteiger partial charge in [0.15, 0.2) is 0 Å². The van der Waals surface area contributed by atoms with Gasteiger partial charge in [-0.05, 0) is 36.8 Å². The van der Waals surface area contributed by atoms with E-state index in [-0.39, 0.29) is 24.2 Å². The third-order valence-corrected chi connectivity index (χ3v) is 4.49. The standard InChI is InChI=1S/C20H23N3O5S/c1-12-7-8-14(17(24)21-12)18(25)22-15(9-10-29)19(26)23-16(20(27)28)11-13-5-3-2-4-6-13/h2-8,15-16,29H,9-11H2,1H3,(H,21,24)(H,22,25)(H,23,26)(H,27,28)/t15?,16-/m1/s1. The number of carbonyl (C=O) groups excluding carboxylic acids is 2. The number of pyridine rings is 1. The van der Waals surface area contributed by atoms with Crippen molar-refractivity contribution in [2.45, 2.75) is 31.8 Å². The van der Waals surface area contributed by atoms with E-state index in [2.05, 4.69) is 28.2 Å². The summed E-state index contributed by atoms with van der Waals surface area (Å²) in [5, 5.41) is 14.4. The van der Waals surface area contributed by atoms with E-state index in [1.54, 1.807) is 37.3 Å². The van der Waals surface area contributed by atoms with Gasteiger partial charge in [-0.1, -0.05) is 30.3 Å². The third kappa shape index (κ3) is 6.49. The van der Waals surface area contributed by atoms with Crippen LogP contribution in [0.1, 0.15) is 28.0 Å². The molecular formula is C20H23N3O5S. The minimum Gasteiger partial charge on any atom is -0.480 e. The van der Waals surface area contributed by atoms with Crippen LogP contribution in [0.5, 0.6) is 0 Å². The van der Waals surface area contributed by atoms with E-state index < -0.39 is 35.4 Å². The second-order valence-corrected chi connectivity index (χ2v) is 6.96. The van der Waals surface area contributed by atoms with Gasteiger partial charge in [-0.15, -0.1) is 0 Å². The monoisotopic (exact) mass is 417 g/mol. The van der Waals surface area contributed by atoms with Gasteiger partial charge in [0.25, 0.3) is 11.5 Å². The Labute approximate surface area is 173 Å². The zero-order valence-electron chi connectivity index (χ0n) is 15.8. The molecule has 29 heavy (non-hydrogen) atoms. The molecule has 2 rings (SSSR count). The predicted octanol–water partition coefficient (Wildman–Crippen LogP) is 0.914. The van der Waals surface area contributed by atoms with Crippen LogP contribution in [-0.2, 0) is 16.0 Å². The van der Waals surface area contributed by atoms with E-state index in [1.807, 2.05) is 6.07 Å². The van der Waals surface area contributed by atoms with Crippen molar-refractivity contribution >= 4 is 30.4 Å². The van der Waals surface area contributed by atoms with Crippen LogP contribution in [0.4, 0.5) is 0 Å². The second-order valence-electron chi connectivity index (χ2n) is 6.51. The molecule has 4 N–H and O–H groups in total. The Morgan fingerprint density at radius 2 is 1.76 bits per heavy atom. The minimum absolute atomic E-state index is 0.0983. The molecule has 0 saturated carbocycles. The van der Waals surface area contributed by atoms with Gasteiger partial charge in [-0.2, -0.15) is 12.6 Å². The van der Waals surface area contributed by atoms with Gasteiger partial charge in [0.1, 0.15) is 17.6 Å². The Morgan fingerprint density at radius 3 is 2.34 bits per heavy atom. The Balaban J connectivity index is 2.11.